The van der Waals surface area contributed by atoms with Crippen LogP contribution in [0.4, 0.5) is 5.69 Å². The van der Waals surface area contributed by atoms with Crippen LogP contribution in [0.1, 0.15) is 0 Å². The van der Waals surface area contributed by atoms with E-state index in [0.717, 1.165) is 11.3 Å². The van der Waals surface area contributed by atoms with Gasteiger partial charge >= 0.3 is 0 Å². The van der Waals surface area contributed by atoms with E-state index in [-0.39, 0.29) is 5.69 Å². The third-order valence-corrected chi connectivity index (χ3v) is 2.13. The molecular weight excluding hydrogens is 218 g/mol. The number of hydrogen-bond acceptors (Lipinski definition) is 3. The Morgan fingerprint density at radius 2 is 2.00 bits per heavy atom. The first-order valence-electron chi connectivity index (χ1n) is 4.12. The van der Waals surface area contributed by atoms with Gasteiger partial charge in [0, 0.05) is 17.7 Å². The summed E-state index contributed by atoms with van der Waals surface area (Å²) in [5.74, 6) is 0. The number of aromatic amines is 1. The Morgan fingerprint density at radius 3 is 2.47 bits per heavy atom. The van der Waals surface area contributed by atoms with Crippen LogP contribution in [0.3, 0.4) is 0 Å². The number of imidazole rings is 1. The van der Waals surface area contributed by atoms with Crippen LogP contribution in [-0.4, -0.2) is 14.9 Å². The number of nitro groups is 1. The van der Waals surface area contributed by atoms with E-state index in [0.29, 0.717) is 5.28 Å². The minimum atomic E-state index is -0.441. The molecule has 0 radical (unpaired) electrons. The zero-order chi connectivity index (χ0) is 10.8. The molecule has 0 atom stereocenters. The Morgan fingerprint density at radius 1 is 1.33 bits per heavy atom. The Balaban J connectivity index is 2.35. The van der Waals surface area contributed by atoms with Crippen LogP contribution < -0.4 is 0 Å². The topological polar surface area (TPSA) is 71.8 Å². The molecule has 0 saturated heterocycles. The van der Waals surface area contributed by atoms with Gasteiger partial charge in [-0.05, 0) is 23.7 Å². The zero-order valence-electron chi connectivity index (χ0n) is 7.48. The molecule has 1 aromatic heterocycles. The zero-order valence-corrected chi connectivity index (χ0v) is 8.23. The number of H-pyrrole nitrogens is 1. The number of hydrogen-bond donors (Lipinski definition) is 1. The maximum absolute atomic E-state index is 10.4. The maximum atomic E-state index is 10.4. The predicted molar refractivity (Wildman–Crippen MR) is 55.7 cm³/mol. The highest BCUT2D eigenvalue weighted by atomic mass is 35.5. The molecule has 0 aliphatic carbocycles. The van der Waals surface area contributed by atoms with E-state index in [9.17, 15) is 10.1 Å². The number of halogens is 1. The third-order valence-electron chi connectivity index (χ3n) is 1.93. The smallest absolute Gasteiger partial charge is 0.269 e. The summed E-state index contributed by atoms with van der Waals surface area (Å²) >= 11 is 5.62. The van der Waals surface area contributed by atoms with E-state index in [2.05, 4.69) is 9.97 Å². The Labute approximate surface area is 89.9 Å². The molecule has 1 aromatic carbocycles. The van der Waals surface area contributed by atoms with Gasteiger partial charge < -0.3 is 4.98 Å². The second kappa shape index (κ2) is 3.70. The molecule has 0 fully saturated rings. The van der Waals surface area contributed by atoms with Crippen LogP contribution in [-0.2, 0) is 0 Å². The van der Waals surface area contributed by atoms with E-state index in [1.54, 1.807) is 18.3 Å². The van der Waals surface area contributed by atoms with Gasteiger partial charge in [-0.25, -0.2) is 4.98 Å². The van der Waals surface area contributed by atoms with Gasteiger partial charge in [0.15, 0.2) is 5.28 Å². The van der Waals surface area contributed by atoms with Crippen molar-refractivity contribution in [1.82, 2.24) is 9.97 Å². The minimum absolute atomic E-state index is 0.0596. The van der Waals surface area contributed by atoms with Crippen molar-refractivity contribution in [2.24, 2.45) is 0 Å². The van der Waals surface area contributed by atoms with Crippen molar-refractivity contribution < 1.29 is 4.92 Å². The summed E-state index contributed by atoms with van der Waals surface area (Å²) in [5.41, 5.74) is 1.60. The fraction of sp³-hybridized carbons (Fsp3) is 0. The molecule has 2 aromatic rings. The second-order valence-electron chi connectivity index (χ2n) is 2.89. The lowest BCUT2D eigenvalue weighted by atomic mass is 10.1. The van der Waals surface area contributed by atoms with Crippen LogP contribution in [0.15, 0.2) is 30.5 Å². The summed E-state index contributed by atoms with van der Waals surface area (Å²) in [6, 6.07) is 6.15. The molecule has 2 rings (SSSR count). The number of nitrogens with one attached hydrogen (secondary N) is 1. The van der Waals surface area contributed by atoms with Gasteiger partial charge in [-0.2, -0.15) is 0 Å². The maximum Gasteiger partial charge on any atom is 0.269 e. The molecule has 1 heterocycles. The fourth-order valence-electron chi connectivity index (χ4n) is 1.21. The van der Waals surface area contributed by atoms with Crippen molar-refractivity contribution in [2.75, 3.05) is 0 Å². The molecule has 5 nitrogen and oxygen atoms in total. The van der Waals surface area contributed by atoms with Crippen LogP contribution in [0.5, 0.6) is 0 Å². The highest BCUT2D eigenvalue weighted by molar-refractivity contribution is 6.28. The Hall–Kier alpha value is -1.88. The van der Waals surface area contributed by atoms with Gasteiger partial charge in [0.1, 0.15) is 0 Å². The predicted octanol–water partition coefficient (Wildman–Crippen LogP) is 2.64. The molecule has 0 spiro atoms. The molecular formula is C9H6ClN3O2. The second-order valence-corrected chi connectivity index (χ2v) is 3.25. The standard InChI is InChI=1S/C9H6ClN3O2/c10-9-11-5-8(12-9)6-1-3-7(4-2-6)13(14)15/h1-5H,(H,11,12). The van der Waals surface area contributed by atoms with Gasteiger partial charge in [-0.15, -0.1) is 0 Å². The van der Waals surface area contributed by atoms with E-state index in [1.165, 1.54) is 12.1 Å². The number of aromatic nitrogens is 2. The number of nitrogens with zero attached hydrogens (tertiary/aromatic N) is 2. The summed E-state index contributed by atoms with van der Waals surface area (Å²) in [5, 5.41) is 10.7. The summed E-state index contributed by atoms with van der Waals surface area (Å²) in [6.45, 7) is 0. The van der Waals surface area contributed by atoms with E-state index >= 15 is 0 Å². The van der Waals surface area contributed by atoms with Crippen LogP contribution in [0.2, 0.25) is 5.28 Å². The van der Waals surface area contributed by atoms with Crippen molar-refractivity contribution in [2.45, 2.75) is 0 Å². The highest BCUT2D eigenvalue weighted by Gasteiger charge is 2.06. The van der Waals surface area contributed by atoms with Crippen molar-refractivity contribution in [3.8, 4) is 11.3 Å². The number of benzene rings is 1. The minimum Gasteiger partial charge on any atom is -0.329 e. The van der Waals surface area contributed by atoms with Crippen LogP contribution in [0, 0.1) is 10.1 Å². The Bertz CT molecular complexity index is 492. The normalized spacial score (nSPS) is 10.2. The van der Waals surface area contributed by atoms with Gasteiger partial charge in [0.05, 0.1) is 16.8 Å². The molecule has 76 valence electrons. The monoisotopic (exact) mass is 223 g/mol. The molecule has 15 heavy (non-hydrogen) atoms. The molecule has 6 heteroatoms. The first-order chi connectivity index (χ1) is 7.16. The lowest BCUT2D eigenvalue weighted by Crippen LogP contribution is -1.87. The SMILES string of the molecule is O=[N+]([O-])c1ccc(-c2cnc(Cl)[nH]2)cc1. The molecule has 0 bridgehead atoms. The first kappa shape index (κ1) is 9.67. The summed E-state index contributed by atoms with van der Waals surface area (Å²) in [6.07, 6.45) is 1.57. The van der Waals surface area contributed by atoms with E-state index < -0.39 is 4.92 Å². The number of rotatable bonds is 2. The summed E-state index contributed by atoms with van der Waals surface area (Å²) in [7, 11) is 0. The van der Waals surface area contributed by atoms with Gasteiger partial charge in [0.25, 0.3) is 5.69 Å². The third kappa shape index (κ3) is 1.97. The van der Waals surface area contributed by atoms with Crippen molar-refractivity contribution >= 4 is 17.3 Å². The van der Waals surface area contributed by atoms with Gasteiger partial charge in [-0.3, -0.25) is 10.1 Å². The summed E-state index contributed by atoms with van der Waals surface area (Å²) < 4.78 is 0. The fourth-order valence-corrected chi connectivity index (χ4v) is 1.36. The molecule has 0 aliphatic heterocycles. The average Bonchev–Trinajstić information content (AvgIpc) is 2.65. The van der Waals surface area contributed by atoms with Crippen LogP contribution in [0.25, 0.3) is 11.3 Å². The molecule has 1 N–H and O–H groups in total. The highest BCUT2D eigenvalue weighted by Crippen LogP contribution is 2.21. The van der Waals surface area contributed by atoms with Gasteiger partial charge in [0.2, 0.25) is 0 Å². The molecule has 0 unspecified atom stereocenters. The molecule has 0 saturated carbocycles. The molecule has 0 aliphatic rings. The first-order valence-corrected chi connectivity index (χ1v) is 4.50. The van der Waals surface area contributed by atoms with Gasteiger partial charge in [-0.1, -0.05) is 0 Å². The van der Waals surface area contributed by atoms with Crippen LogP contribution >= 0.6 is 11.6 Å². The lowest BCUT2D eigenvalue weighted by Gasteiger charge is -1.96. The number of non-ortho nitro benzene ring substituents is 1. The van der Waals surface area contributed by atoms with E-state index in [1.807, 2.05) is 0 Å². The largest absolute Gasteiger partial charge is 0.329 e. The Kier molecular flexibility index (Phi) is 2.39. The average molecular weight is 224 g/mol. The number of nitro benzene ring substituents is 1. The van der Waals surface area contributed by atoms with E-state index in [4.69, 9.17) is 11.6 Å². The summed E-state index contributed by atoms with van der Waals surface area (Å²) in [4.78, 5) is 16.6. The van der Waals surface area contributed by atoms with Crippen molar-refractivity contribution in [1.29, 1.82) is 0 Å². The lowest BCUT2D eigenvalue weighted by molar-refractivity contribution is -0.384. The van der Waals surface area contributed by atoms with Crippen molar-refractivity contribution in [3.05, 3.63) is 45.9 Å². The van der Waals surface area contributed by atoms with Crippen molar-refractivity contribution in [3.63, 3.8) is 0 Å². The quantitative estimate of drug-likeness (QED) is 0.628. The molecule has 0 amide bonds.